The predicted molar refractivity (Wildman–Crippen MR) is 82.5 cm³/mol. The molecule has 0 fully saturated rings. The van der Waals surface area contributed by atoms with E-state index >= 15 is 0 Å². The molecule has 110 valence electrons. The molecule has 0 aliphatic heterocycles. The summed E-state index contributed by atoms with van der Waals surface area (Å²) in [4.78, 5) is 5.00. The third-order valence-corrected chi connectivity index (χ3v) is 4.22. The highest BCUT2D eigenvalue weighted by molar-refractivity contribution is 7.12. The standard InChI is InChI=1S/C16H18N2O2S/c1-10-5-11(2)12(3)14(6-10)20-9-16-18-13(8-19-4)15(7-17)21-16/h5-6H,8-9H2,1-4H3. The van der Waals surface area contributed by atoms with Gasteiger partial charge in [-0.1, -0.05) is 6.07 Å². The van der Waals surface area contributed by atoms with Crippen molar-refractivity contribution in [2.75, 3.05) is 7.11 Å². The minimum atomic E-state index is 0.349. The van der Waals surface area contributed by atoms with Crippen LogP contribution in [0.4, 0.5) is 0 Å². The highest BCUT2D eigenvalue weighted by Crippen LogP contribution is 2.25. The van der Waals surface area contributed by atoms with Crippen molar-refractivity contribution in [2.45, 2.75) is 34.0 Å². The maximum absolute atomic E-state index is 9.08. The molecule has 21 heavy (non-hydrogen) atoms. The van der Waals surface area contributed by atoms with Gasteiger partial charge in [0.05, 0.1) is 12.3 Å². The molecule has 1 aromatic carbocycles. The molecule has 0 saturated heterocycles. The monoisotopic (exact) mass is 302 g/mol. The number of benzene rings is 1. The Morgan fingerprint density at radius 1 is 1.24 bits per heavy atom. The number of hydrogen-bond donors (Lipinski definition) is 0. The molecule has 0 aliphatic carbocycles. The third-order valence-electron chi connectivity index (χ3n) is 3.24. The highest BCUT2D eigenvalue weighted by Gasteiger charge is 2.12. The zero-order chi connectivity index (χ0) is 15.4. The fraction of sp³-hybridized carbons (Fsp3) is 0.375. The summed E-state index contributed by atoms with van der Waals surface area (Å²) in [5.41, 5.74) is 4.20. The van der Waals surface area contributed by atoms with Gasteiger partial charge in [-0.3, -0.25) is 0 Å². The van der Waals surface area contributed by atoms with Crippen molar-refractivity contribution in [1.82, 2.24) is 4.98 Å². The van der Waals surface area contributed by atoms with Gasteiger partial charge in [0.2, 0.25) is 0 Å². The van der Waals surface area contributed by atoms with Crippen LogP contribution in [-0.2, 0) is 18.0 Å². The van der Waals surface area contributed by atoms with Crippen LogP contribution in [0.1, 0.15) is 32.3 Å². The summed E-state index contributed by atoms with van der Waals surface area (Å²) in [7, 11) is 1.59. The van der Waals surface area contributed by atoms with E-state index in [1.165, 1.54) is 22.5 Å². The number of nitrogens with zero attached hydrogens (tertiary/aromatic N) is 2. The van der Waals surface area contributed by atoms with E-state index in [4.69, 9.17) is 14.7 Å². The summed E-state index contributed by atoms with van der Waals surface area (Å²) in [6.45, 7) is 6.88. The maximum atomic E-state index is 9.08. The quantitative estimate of drug-likeness (QED) is 0.845. The van der Waals surface area contributed by atoms with Crippen LogP contribution < -0.4 is 4.74 Å². The number of hydrogen-bond acceptors (Lipinski definition) is 5. The van der Waals surface area contributed by atoms with Crippen molar-refractivity contribution in [2.24, 2.45) is 0 Å². The average molecular weight is 302 g/mol. The smallest absolute Gasteiger partial charge is 0.140 e. The zero-order valence-electron chi connectivity index (χ0n) is 12.7. The Morgan fingerprint density at radius 3 is 2.67 bits per heavy atom. The number of methoxy groups -OCH3 is 1. The number of rotatable bonds is 5. The van der Waals surface area contributed by atoms with E-state index in [-0.39, 0.29) is 0 Å². The Bertz CT molecular complexity index is 686. The van der Waals surface area contributed by atoms with Gasteiger partial charge in [0, 0.05) is 7.11 Å². The largest absolute Gasteiger partial charge is 0.486 e. The average Bonchev–Trinajstić information content (AvgIpc) is 2.84. The number of ether oxygens (including phenoxy) is 2. The molecule has 2 aromatic rings. The Balaban J connectivity index is 2.15. The molecule has 4 nitrogen and oxygen atoms in total. The van der Waals surface area contributed by atoms with Gasteiger partial charge in [0.15, 0.2) is 0 Å². The van der Waals surface area contributed by atoms with Crippen molar-refractivity contribution in [3.05, 3.63) is 44.4 Å². The van der Waals surface area contributed by atoms with E-state index in [0.29, 0.717) is 23.8 Å². The molecule has 1 heterocycles. The van der Waals surface area contributed by atoms with Crippen LogP contribution in [0.3, 0.4) is 0 Å². The van der Waals surface area contributed by atoms with E-state index in [9.17, 15) is 0 Å². The molecule has 0 bridgehead atoms. The molecule has 0 atom stereocenters. The van der Waals surface area contributed by atoms with E-state index in [1.807, 2.05) is 19.9 Å². The first kappa shape index (κ1) is 15.5. The Kier molecular flexibility index (Phi) is 4.94. The number of thiazole rings is 1. The van der Waals surface area contributed by atoms with Gasteiger partial charge in [0.1, 0.15) is 28.3 Å². The summed E-state index contributed by atoms with van der Waals surface area (Å²) in [5.74, 6) is 0.870. The molecule has 5 heteroatoms. The van der Waals surface area contributed by atoms with E-state index < -0.39 is 0 Å². The topological polar surface area (TPSA) is 55.1 Å². The first-order valence-electron chi connectivity index (χ1n) is 6.63. The first-order chi connectivity index (χ1) is 10.0. The molecule has 0 aliphatic rings. The van der Waals surface area contributed by atoms with Gasteiger partial charge < -0.3 is 9.47 Å². The first-order valence-corrected chi connectivity index (χ1v) is 7.45. The second-order valence-electron chi connectivity index (χ2n) is 4.92. The van der Waals surface area contributed by atoms with Crippen LogP contribution >= 0.6 is 11.3 Å². The summed E-state index contributed by atoms with van der Waals surface area (Å²) >= 11 is 1.36. The van der Waals surface area contributed by atoms with Gasteiger partial charge in [0.25, 0.3) is 0 Å². The lowest BCUT2D eigenvalue weighted by Gasteiger charge is -2.11. The summed E-state index contributed by atoms with van der Waals surface area (Å²) in [6, 6.07) is 6.31. The van der Waals surface area contributed by atoms with E-state index in [1.54, 1.807) is 7.11 Å². The van der Waals surface area contributed by atoms with Crippen LogP contribution in [0, 0.1) is 32.1 Å². The Morgan fingerprint density at radius 2 is 2.00 bits per heavy atom. The van der Waals surface area contributed by atoms with Gasteiger partial charge >= 0.3 is 0 Å². The van der Waals surface area contributed by atoms with E-state index in [2.05, 4.69) is 24.0 Å². The minimum Gasteiger partial charge on any atom is -0.486 e. The molecule has 0 radical (unpaired) electrons. The molecule has 0 saturated carbocycles. The molecule has 1 aromatic heterocycles. The van der Waals surface area contributed by atoms with E-state index in [0.717, 1.165) is 16.3 Å². The summed E-state index contributed by atoms with van der Waals surface area (Å²) < 4.78 is 10.9. The van der Waals surface area contributed by atoms with Gasteiger partial charge in [-0.25, -0.2) is 4.98 Å². The minimum absolute atomic E-state index is 0.349. The second-order valence-corrected chi connectivity index (χ2v) is 6.01. The Hall–Kier alpha value is -1.90. The molecule has 0 unspecified atom stereocenters. The SMILES string of the molecule is COCc1nc(COc2cc(C)cc(C)c2C)sc1C#N. The molecule has 2 rings (SSSR count). The second kappa shape index (κ2) is 6.70. The molecular formula is C16H18N2O2S. The van der Waals surface area contributed by atoms with Crippen molar-refractivity contribution in [3.8, 4) is 11.8 Å². The van der Waals surface area contributed by atoms with Crippen molar-refractivity contribution in [1.29, 1.82) is 5.26 Å². The number of nitriles is 1. The highest BCUT2D eigenvalue weighted by atomic mass is 32.1. The lowest BCUT2D eigenvalue weighted by atomic mass is 10.1. The third kappa shape index (κ3) is 3.60. The van der Waals surface area contributed by atoms with Crippen LogP contribution in [0.15, 0.2) is 12.1 Å². The van der Waals surface area contributed by atoms with Gasteiger partial charge in [-0.15, -0.1) is 11.3 Å². The molecular weight excluding hydrogens is 284 g/mol. The Labute approximate surface area is 129 Å². The molecule has 0 spiro atoms. The normalized spacial score (nSPS) is 10.4. The molecule has 0 amide bonds. The van der Waals surface area contributed by atoms with Gasteiger partial charge in [-0.2, -0.15) is 5.26 Å². The summed E-state index contributed by atoms with van der Waals surface area (Å²) in [5, 5.41) is 9.87. The van der Waals surface area contributed by atoms with Crippen molar-refractivity contribution in [3.63, 3.8) is 0 Å². The summed E-state index contributed by atoms with van der Waals surface area (Å²) in [6.07, 6.45) is 0. The number of aromatic nitrogens is 1. The van der Waals surface area contributed by atoms with Crippen LogP contribution in [0.25, 0.3) is 0 Å². The van der Waals surface area contributed by atoms with Crippen LogP contribution in [0.5, 0.6) is 5.75 Å². The predicted octanol–water partition coefficient (Wildman–Crippen LogP) is 3.67. The van der Waals surface area contributed by atoms with Crippen LogP contribution in [0.2, 0.25) is 0 Å². The maximum Gasteiger partial charge on any atom is 0.140 e. The van der Waals surface area contributed by atoms with Crippen molar-refractivity contribution >= 4 is 11.3 Å². The fourth-order valence-electron chi connectivity index (χ4n) is 2.07. The lowest BCUT2D eigenvalue weighted by molar-refractivity contribution is 0.181. The fourth-order valence-corrected chi connectivity index (χ4v) is 2.85. The zero-order valence-corrected chi connectivity index (χ0v) is 13.5. The lowest BCUT2D eigenvalue weighted by Crippen LogP contribution is -1.99. The van der Waals surface area contributed by atoms with Crippen LogP contribution in [-0.4, -0.2) is 12.1 Å². The van der Waals surface area contributed by atoms with Gasteiger partial charge in [-0.05, 0) is 43.5 Å². The molecule has 0 N–H and O–H groups in total. The van der Waals surface area contributed by atoms with Crippen molar-refractivity contribution < 1.29 is 9.47 Å². The number of aryl methyl sites for hydroxylation is 2.